The van der Waals surface area contributed by atoms with Crippen LogP contribution in [0.25, 0.3) is 5.65 Å². The molecule has 5 N–H and O–H groups in total. The van der Waals surface area contributed by atoms with Crippen LogP contribution in [0, 0.1) is 12.3 Å². The smallest absolute Gasteiger partial charge is 0.184 e. The summed E-state index contributed by atoms with van der Waals surface area (Å²) in [5, 5.41) is 33.8. The Labute approximate surface area is 119 Å². The van der Waals surface area contributed by atoms with E-state index < -0.39 is 30.5 Å². The maximum Gasteiger partial charge on any atom is 0.184 e. The Hall–Kier alpha value is -2.18. The number of aliphatic hydroxyl groups excluding tert-OH is 2. The first-order valence-corrected chi connectivity index (χ1v) is 6.25. The van der Waals surface area contributed by atoms with E-state index in [1.165, 1.54) is 16.9 Å². The quantitative estimate of drug-likeness (QED) is 0.494. The first-order valence-electron chi connectivity index (χ1n) is 6.25. The lowest BCUT2D eigenvalue weighted by atomic mass is 9.88. The van der Waals surface area contributed by atoms with Crippen molar-refractivity contribution in [2.45, 2.75) is 23.9 Å². The summed E-state index contributed by atoms with van der Waals surface area (Å²) in [7, 11) is 0. The lowest BCUT2D eigenvalue weighted by Gasteiger charge is -2.24. The molecule has 0 amide bonds. The number of fused-ring (bicyclic) bond motifs is 1. The van der Waals surface area contributed by atoms with Gasteiger partial charge in [-0.25, -0.2) is 4.98 Å². The lowest BCUT2D eigenvalue weighted by molar-refractivity contribution is -0.0332. The summed E-state index contributed by atoms with van der Waals surface area (Å²) in [6, 6.07) is 1.57. The maximum atomic E-state index is 10.5. The molecule has 0 bridgehead atoms. The molecule has 3 rings (SSSR count). The van der Waals surface area contributed by atoms with Crippen LogP contribution in [0.3, 0.4) is 0 Å². The number of rotatable bonds is 2. The predicted octanol–water partition coefficient (Wildman–Crippen LogP) is -1.53. The Kier molecular flexibility index (Phi) is 3.07. The summed E-state index contributed by atoms with van der Waals surface area (Å²) >= 11 is 0. The van der Waals surface area contributed by atoms with Gasteiger partial charge in [-0.15, -0.1) is 6.42 Å². The van der Waals surface area contributed by atoms with Crippen LogP contribution in [0.15, 0.2) is 18.5 Å². The van der Waals surface area contributed by atoms with Crippen LogP contribution in [0.2, 0.25) is 0 Å². The van der Waals surface area contributed by atoms with Crippen molar-refractivity contribution in [2.75, 3.05) is 12.3 Å². The fourth-order valence-corrected chi connectivity index (χ4v) is 2.52. The Balaban J connectivity index is 2.14. The van der Waals surface area contributed by atoms with E-state index in [9.17, 15) is 15.3 Å². The molecule has 0 spiro atoms. The summed E-state index contributed by atoms with van der Waals surface area (Å²) < 4.78 is 6.86. The highest BCUT2D eigenvalue weighted by molar-refractivity contribution is 5.54. The number of anilines is 1. The van der Waals surface area contributed by atoms with Gasteiger partial charge in [0, 0.05) is 11.8 Å². The summed E-state index contributed by atoms with van der Waals surface area (Å²) in [6.45, 7) is -0.476. The second-order valence-corrected chi connectivity index (χ2v) is 4.86. The highest BCUT2D eigenvalue weighted by Gasteiger charge is 2.55. The van der Waals surface area contributed by atoms with Crippen molar-refractivity contribution in [1.29, 1.82) is 0 Å². The number of hydrogen-bond acceptors (Lipinski definition) is 7. The standard InChI is InChI=1S/C13H14N4O4/c1-2-13(20)10(19)8(6-18)21-11(13)7-5-16-17-9(14)3-4-15-12(7)17/h1,3-5,8,10-11,18-20H,6,14H2/t8-,10-,11+,13-/m1/s1. The summed E-state index contributed by atoms with van der Waals surface area (Å²) in [5.74, 6) is 2.50. The third-order valence-electron chi connectivity index (χ3n) is 3.67. The van der Waals surface area contributed by atoms with Crippen molar-refractivity contribution in [3.63, 3.8) is 0 Å². The van der Waals surface area contributed by atoms with Gasteiger partial charge in [0.05, 0.1) is 12.8 Å². The number of nitrogens with two attached hydrogens (primary N) is 1. The van der Waals surface area contributed by atoms with Crippen LogP contribution >= 0.6 is 0 Å². The Morgan fingerprint density at radius 3 is 3.00 bits per heavy atom. The van der Waals surface area contributed by atoms with Gasteiger partial charge in [0.15, 0.2) is 11.2 Å². The van der Waals surface area contributed by atoms with Gasteiger partial charge in [-0.2, -0.15) is 9.61 Å². The van der Waals surface area contributed by atoms with Crippen LogP contribution < -0.4 is 5.73 Å². The summed E-state index contributed by atoms with van der Waals surface area (Å²) in [6.07, 6.45) is 4.77. The van der Waals surface area contributed by atoms with E-state index in [4.69, 9.17) is 16.9 Å². The molecular weight excluding hydrogens is 276 g/mol. The molecule has 2 aromatic heterocycles. The molecule has 4 atom stereocenters. The van der Waals surface area contributed by atoms with Gasteiger partial charge in [0.2, 0.25) is 0 Å². The van der Waals surface area contributed by atoms with Gasteiger partial charge in [0.1, 0.15) is 24.1 Å². The van der Waals surface area contributed by atoms with Crippen molar-refractivity contribution < 1.29 is 20.1 Å². The zero-order valence-electron chi connectivity index (χ0n) is 10.9. The molecule has 0 unspecified atom stereocenters. The third-order valence-corrected chi connectivity index (χ3v) is 3.67. The van der Waals surface area contributed by atoms with E-state index in [1.54, 1.807) is 6.07 Å². The highest BCUT2D eigenvalue weighted by atomic mass is 16.6. The number of ether oxygens (including phenoxy) is 1. The number of terminal acetylenes is 1. The molecule has 3 heterocycles. The van der Waals surface area contributed by atoms with Crippen LogP contribution in [0.1, 0.15) is 11.7 Å². The minimum absolute atomic E-state index is 0.354. The fourth-order valence-electron chi connectivity index (χ4n) is 2.52. The van der Waals surface area contributed by atoms with Crippen molar-refractivity contribution in [3.05, 3.63) is 24.0 Å². The van der Waals surface area contributed by atoms with Crippen LogP contribution in [0.5, 0.6) is 0 Å². The van der Waals surface area contributed by atoms with Gasteiger partial charge in [-0.05, 0) is 6.07 Å². The number of hydrogen-bond donors (Lipinski definition) is 4. The average Bonchev–Trinajstić information content (AvgIpc) is 3.01. The fraction of sp³-hybridized carbons (Fsp3) is 0.385. The molecule has 0 aromatic carbocycles. The van der Waals surface area contributed by atoms with Crippen molar-refractivity contribution in [1.82, 2.24) is 14.6 Å². The Bertz CT molecular complexity index is 725. The third kappa shape index (κ3) is 1.80. The Morgan fingerprint density at radius 2 is 2.33 bits per heavy atom. The molecule has 0 aliphatic carbocycles. The monoisotopic (exact) mass is 290 g/mol. The first kappa shape index (κ1) is 13.8. The molecule has 8 nitrogen and oxygen atoms in total. The largest absolute Gasteiger partial charge is 0.394 e. The first-order chi connectivity index (χ1) is 10.0. The summed E-state index contributed by atoms with van der Waals surface area (Å²) in [4.78, 5) is 4.14. The molecule has 0 radical (unpaired) electrons. The van der Waals surface area contributed by atoms with Gasteiger partial charge in [-0.1, -0.05) is 5.92 Å². The lowest BCUT2D eigenvalue weighted by Crippen LogP contribution is -2.44. The normalized spacial score (nSPS) is 32.4. The number of aromatic nitrogens is 3. The van der Waals surface area contributed by atoms with E-state index in [1.807, 2.05) is 0 Å². The van der Waals surface area contributed by atoms with E-state index >= 15 is 0 Å². The molecule has 1 fully saturated rings. The molecule has 8 heteroatoms. The molecule has 1 aliphatic rings. The highest BCUT2D eigenvalue weighted by Crippen LogP contribution is 2.42. The van der Waals surface area contributed by atoms with E-state index in [2.05, 4.69) is 16.0 Å². The predicted molar refractivity (Wildman–Crippen MR) is 71.9 cm³/mol. The maximum absolute atomic E-state index is 10.5. The molecule has 0 saturated carbocycles. The average molecular weight is 290 g/mol. The van der Waals surface area contributed by atoms with Crippen LogP contribution in [-0.2, 0) is 4.74 Å². The minimum Gasteiger partial charge on any atom is -0.394 e. The van der Waals surface area contributed by atoms with Crippen LogP contribution in [-0.4, -0.2) is 54.3 Å². The number of aliphatic hydroxyl groups is 3. The van der Waals surface area contributed by atoms with E-state index in [0.29, 0.717) is 17.0 Å². The zero-order valence-corrected chi connectivity index (χ0v) is 10.9. The minimum atomic E-state index is -1.98. The molecule has 1 aliphatic heterocycles. The van der Waals surface area contributed by atoms with Gasteiger partial charge in [-0.3, -0.25) is 0 Å². The molecule has 21 heavy (non-hydrogen) atoms. The number of nitrogens with zero attached hydrogens (tertiary/aromatic N) is 3. The molecule has 1 saturated heterocycles. The summed E-state index contributed by atoms with van der Waals surface area (Å²) in [5.41, 5.74) is 4.54. The second-order valence-electron chi connectivity index (χ2n) is 4.86. The zero-order chi connectivity index (χ0) is 15.2. The second kappa shape index (κ2) is 4.68. The van der Waals surface area contributed by atoms with Gasteiger partial charge in [0.25, 0.3) is 0 Å². The Morgan fingerprint density at radius 1 is 1.57 bits per heavy atom. The molecule has 110 valence electrons. The van der Waals surface area contributed by atoms with Gasteiger partial charge >= 0.3 is 0 Å². The number of nitrogen functional groups attached to an aromatic ring is 1. The van der Waals surface area contributed by atoms with Crippen molar-refractivity contribution >= 4 is 11.5 Å². The van der Waals surface area contributed by atoms with Crippen molar-refractivity contribution in [3.8, 4) is 12.3 Å². The van der Waals surface area contributed by atoms with E-state index in [-0.39, 0.29) is 0 Å². The van der Waals surface area contributed by atoms with Gasteiger partial charge < -0.3 is 25.8 Å². The molecular formula is C13H14N4O4. The SMILES string of the molecule is C#C[C@@]1(O)[C@H](O)[C@@H](CO)O[C@H]1c1cnn2c(N)ccnc12. The molecule has 2 aromatic rings. The van der Waals surface area contributed by atoms with E-state index in [0.717, 1.165) is 0 Å². The van der Waals surface area contributed by atoms with Crippen LogP contribution in [0.4, 0.5) is 5.82 Å². The topological polar surface area (TPSA) is 126 Å². The van der Waals surface area contributed by atoms with Crippen molar-refractivity contribution in [2.24, 2.45) is 0 Å².